The molecule has 2 aliphatic heterocycles. The van der Waals surface area contributed by atoms with Gasteiger partial charge in [0.15, 0.2) is 0 Å². The number of amides is 2. The number of carbonyl (C=O) groups is 2. The maximum absolute atomic E-state index is 12.2. The second-order valence-corrected chi connectivity index (χ2v) is 7.75. The van der Waals surface area contributed by atoms with Crippen molar-refractivity contribution in [3.05, 3.63) is 42.1 Å². The Hall–Kier alpha value is -2.84. The number of nitrogens with zero attached hydrogens (tertiary/aromatic N) is 3. The van der Waals surface area contributed by atoms with E-state index in [2.05, 4.69) is 15.2 Å². The minimum absolute atomic E-state index is 0. The monoisotopic (exact) mass is 446 g/mol. The van der Waals surface area contributed by atoms with Crippen LogP contribution in [0.15, 0.2) is 36.5 Å². The number of hydrogen-bond donors (Lipinski definition) is 2. The van der Waals surface area contributed by atoms with Gasteiger partial charge < -0.3 is 25.0 Å². The Bertz CT molecular complexity index is 947. The highest BCUT2D eigenvalue weighted by atomic mass is 35.5. The highest BCUT2D eigenvalue weighted by Gasteiger charge is 2.33. The third-order valence-electron chi connectivity index (χ3n) is 5.73. The number of anilines is 2. The van der Waals surface area contributed by atoms with Gasteiger partial charge >= 0.3 is 6.09 Å². The molecule has 0 radical (unpaired) electrons. The molecule has 2 amide bonds. The first kappa shape index (κ1) is 22.8. The summed E-state index contributed by atoms with van der Waals surface area (Å²) >= 11 is 0. The fourth-order valence-electron chi connectivity index (χ4n) is 4.35. The van der Waals surface area contributed by atoms with Gasteiger partial charge in [-0.25, -0.2) is 9.78 Å². The smallest absolute Gasteiger partial charge is 0.405 e. The molecule has 0 spiro atoms. The molecule has 3 heterocycles. The topological polar surface area (TPSA) is 95.0 Å². The van der Waals surface area contributed by atoms with Crippen LogP contribution in [0.2, 0.25) is 0 Å². The zero-order valence-corrected chi connectivity index (χ0v) is 18.4. The number of nitrogens with one attached hydrogen (secondary N) is 1. The lowest BCUT2D eigenvalue weighted by Gasteiger charge is -2.39. The molecule has 1 aromatic heterocycles. The SMILES string of the molecule is CC(=O)N1c2ccc(-c3ccc(N4CCOCC4)nc3)cc2C(NC(=O)O)CC1C.Cl. The van der Waals surface area contributed by atoms with E-state index in [9.17, 15) is 14.7 Å². The van der Waals surface area contributed by atoms with Gasteiger partial charge in [-0.15, -0.1) is 12.4 Å². The van der Waals surface area contributed by atoms with Gasteiger partial charge in [0.1, 0.15) is 5.82 Å². The van der Waals surface area contributed by atoms with Crippen molar-refractivity contribution in [2.24, 2.45) is 0 Å². The maximum Gasteiger partial charge on any atom is 0.405 e. The van der Waals surface area contributed by atoms with Crippen molar-refractivity contribution in [2.75, 3.05) is 36.1 Å². The first-order valence-electron chi connectivity index (χ1n) is 10.2. The van der Waals surface area contributed by atoms with Crippen molar-refractivity contribution >= 4 is 35.9 Å². The summed E-state index contributed by atoms with van der Waals surface area (Å²) in [7, 11) is 0. The summed E-state index contributed by atoms with van der Waals surface area (Å²) in [5, 5.41) is 11.9. The van der Waals surface area contributed by atoms with Gasteiger partial charge in [0, 0.05) is 43.5 Å². The van der Waals surface area contributed by atoms with Gasteiger partial charge in [-0.3, -0.25) is 4.79 Å². The Balaban J connectivity index is 0.00000272. The normalized spacial score (nSPS) is 20.5. The van der Waals surface area contributed by atoms with Crippen LogP contribution < -0.4 is 15.1 Å². The molecular weight excluding hydrogens is 420 g/mol. The fourth-order valence-corrected chi connectivity index (χ4v) is 4.35. The molecule has 0 bridgehead atoms. The molecule has 8 nitrogen and oxygen atoms in total. The second kappa shape index (κ2) is 9.53. The zero-order chi connectivity index (χ0) is 21.3. The van der Waals surface area contributed by atoms with E-state index < -0.39 is 6.09 Å². The molecule has 4 rings (SSSR count). The van der Waals surface area contributed by atoms with Crippen molar-refractivity contribution in [2.45, 2.75) is 32.4 Å². The standard InChI is InChI=1S/C22H26N4O4.ClH/c1-14-11-19(24-22(28)29)18-12-16(3-5-20(18)26(14)15(2)27)17-4-6-21(23-13-17)25-7-9-30-10-8-25;/h3-6,12-14,19,24H,7-11H2,1-2H3,(H,28,29);1H. The van der Waals surface area contributed by atoms with E-state index in [1.165, 1.54) is 6.92 Å². The minimum atomic E-state index is -1.07. The molecule has 1 aromatic carbocycles. The van der Waals surface area contributed by atoms with Gasteiger partial charge in [-0.1, -0.05) is 6.07 Å². The van der Waals surface area contributed by atoms with Crippen LogP contribution in [0.5, 0.6) is 0 Å². The predicted molar refractivity (Wildman–Crippen MR) is 121 cm³/mol. The number of morpholine rings is 1. The first-order valence-corrected chi connectivity index (χ1v) is 10.2. The van der Waals surface area contributed by atoms with E-state index in [0.29, 0.717) is 19.6 Å². The van der Waals surface area contributed by atoms with E-state index >= 15 is 0 Å². The summed E-state index contributed by atoms with van der Waals surface area (Å²) < 4.78 is 5.39. The molecule has 2 atom stereocenters. The molecule has 9 heteroatoms. The third-order valence-corrected chi connectivity index (χ3v) is 5.73. The van der Waals surface area contributed by atoms with Gasteiger partial charge in [-0.2, -0.15) is 0 Å². The van der Waals surface area contributed by atoms with Crippen LogP contribution in [-0.4, -0.2) is 54.4 Å². The number of carboxylic acid groups (broad SMARTS) is 1. The summed E-state index contributed by atoms with van der Waals surface area (Å²) in [5.41, 5.74) is 3.43. The van der Waals surface area contributed by atoms with E-state index in [1.807, 2.05) is 43.5 Å². The van der Waals surface area contributed by atoms with Crippen LogP contribution in [0.4, 0.5) is 16.3 Å². The van der Waals surface area contributed by atoms with Crippen molar-refractivity contribution in [3.8, 4) is 11.1 Å². The molecular formula is C22H27ClN4O4. The number of hydrogen-bond acceptors (Lipinski definition) is 5. The molecule has 31 heavy (non-hydrogen) atoms. The lowest BCUT2D eigenvalue weighted by Crippen LogP contribution is -2.45. The van der Waals surface area contributed by atoms with Gasteiger partial charge in [-0.05, 0) is 48.7 Å². The number of aromatic nitrogens is 1. The number of benzene rings is 1. The predicted octanol–water partition coefficient (Wildman–Crippen LogP) is 3.46. The van der Waals surface area contributed by atoms with Crippen molar-refractivity contribution < 1.29 is 19.4 Å². The second-order valence-electron chi connectivity index (χ2n) is 7.75. The minimum Gasteiger partial charge on any atom is -0.465 e. The Kier molecular flexibility index (Phi) is 7.02. The molecule has 2 aliphatic rings. The number of fused-ring (bicyclic) bond motifs is 1. The highest BCUT2D eigenvalue weighted by molar-refractivity contribution is 5.94. The summed E-state index contributed by atoms with van der Waals surface area (Å²) in [6.45, 7) is 6.53. The fraction of sp³-hybridized carbons (Fsp3) is 0.409. The molecule has 1 fully saturated rings. The molecule has 0 aliphatic carbocycles. The van der Waals surface area contributed by atoms with Crippen LogP contribution >= 0.6 is 12.4 Å². The molecule has 2 N–H and O–H groups in total. The lowest BCUT2D eigenvalue weighted by molar-refractivity contribution is -0.117. The van der Waals surface area contributed by atoms with Crippen molar-refractivity contribution in [3.63, 3.8) is 0 Å². The quantitative estimate of drug-likeness (QED) is 0.749. The summed E-state index contributed by atoms with van der Waals surface area (Å²) in [4.78, 5) is 32.1. The third kappa shape index (κ3) is 4.75. The van der Waals surface area contributed by atoms with E-state index in [-0.39, 0.29) is 30.4 Å². The summed E-state index contributed by atoms with van der Waals surface area (Å²) in [5.74, 6) is 0.865. The van der Waals surface area contributed by atoms with Crippen LogP contribution in [-0.2, 0) is 9.53 Å². The van der Waals surface area contributed by atoms with E-state index in [4.69, 9.17) is 4.74 Å². The largest absolute Gasteiger partial charge is 0.465 e. The van der Waals surface area contributed by atoms with Crippen LogP contribution in [0.3, 0.4) is 0 Å². The first-order chi connectivity index (χ1) is 14.4. The van der Waals surface area contributed by atoms with Crippen LogP contribution in [0.1, 0.15) is 31.9 Å². The summed E-state index contributed by atoms with van der Waals surface area (Å²) in [6.07, 6.45) is 1.29. The Labute approximate surface area is 187 Å². The molecule has 1 saturated heterocycles. The Morgan fingerprint density at radius 2 is 1.87 bits per heavy atom. The van der Waals surface area contributed by atoms with Crippen LogP contribution in [0.25, 0.3) is 11.1 Å². The Morgan fingerprint density at radius 3 is 2.48 bits per heavy atom. The van der Waals surface area contributed by atoms with E-state index in [1.54, 1.807) is 4.90 Å². The Morgan fingerprint density at radius 1 is 1.16 bits per heavy atom. The highest BCUT2D eigenvalue weighted by Crippen LogP contribution is 2.39. The number of carbonyl (C=O) groups excluding carboxylic acids is 1. The lowest BCUT2D eigenvalue weighted by atomic mass is 9.89. The average Bonchev–Trinajstić information content (AvgIpc) is 2.73. The van der Waals surface area contributed by atoms with E-state index in [0.717, 1.165) is 41.3 Å². The summed E-state index contributed by atoms with van der Waals surface area (Å²) in [6, 6.07) is 9.37. The average molecular weight is 447 g/mol. The number of halogens is 1. The van der Waals surface area contributed by atoms with Gasteiger partial charge in [0.25, 0.3) is 0 Å². The number of ether oxygens (including phenoxy) is 1. The van der Waals surface area contributed by atoms with Gasteiger partial charge in [0.05, 0.1) is 19.3 Å². The van der Waals surface area contributed by atoms with Gasteiger partial charge in [0.2, 0.25) is 5.91 Å². The van der Waals surface area contributed by atoms with Crippen molar-refractivity contribution in [1.29, 1.82) is 0 Å². The van der Waals surface area contributed by atoms with Crippen molar-refractivity contribution in [1.82, 2.24) is 10.3 Å². The molecule has 0 saturated carbocycles. The number of pyridine rings is 1. The maximum atomic E-state index is 12.2. The zero-order valence-electron chi connectivity index (χ0n) is 17.6. The molecule has 166 valence electrons. The molecule has 2 aromatic rings. The number of rotatable bonds is 3. The molecule has 2 unspecified atom stereocenters. The van der Waals surface area contributed by atoms with Crippen LogP contribution in [0, 0.1) is 0 Å².